The molecule has 1 aromatic rings. The van der Waals surface area contributed by atoms with E-state index in [-0.39, 0.29) is 24.3 Å². The number of hydrogen-bond acceptors (Lipinski definition) is 5. The second-order valence-electron chi connectivity index (χ2n) is 7.28. The van der Waals surface area contributed by atoms with E-state index in [1.807, 2.05) is 39.0 Å². The average molecular weight is 377 g/mol. The Labute approximate surface area is 160 Å². The molecule has 0 spiro atoms. The van der Waals surface area contributed by atoms with E-state index in [9.17, 15) is 9.59 Å². The van der Waals surface area contributed by atoms with Crippen LogP contribution in [0.3, 0.4) is 0 Å². The average Bonchev–Trinajstić information content (AvgIpc) is 3.06. The summed E-state index contributed by atoms with van der Waals surface area (Å²) in [6, 6.07) is 10.5. The van der Waals surface area contributed by atoms with E-state index in [1.165, 1.54) is 4.90 Å². The summed E-state index contributed by atoms with van der Waals surface area (Å²) >= 11 is 1.78. The molecule has 1 fully saturated rings. The maximum absolute atomic E-state index is 12.3. The van der Waals surface area contributed by atoms with Gasteiger partial charge in [-0.2, -0.15) is 0 Å². The van der Waals surface area contributed by atoms with Crippen molar-refractivity contribution >= 4 is 23.6 Å². The molecule has 1 aliphatic rings. The van der Waals surface area contributed by atoms with Gasteiger partial charge in [-0.15, -0.1) is 11.8 Å². The Hall–Kier alpha value is -1.95. The third-order valence-corrected chi connectivity index (χ3v) is 5.19. The number of allylic oxidation sites excluding steroid dienone is 1. The highest BCUT2D eigenvalue weighted by molar-refractivity contribution is 7.99. The predicted molar refractivity (Wildman–Crippen MR) is 105 cm³/mol. The third kappa shape index (κ3) is 5.80. The summed E-state index contributed by atoms with van der Waals surface area (Å²) in [5.74, 6) is 0.220. The van der Waals surface area contributed by atoms with E-state index >= 15 is 0 Å². The van der Waals surface area contributed by atoms with E-state index in [0.717, 1.165) is 24.3 Å². The summed E-state index contributed by atoms with van der Waals surface area (Å²) in [5.41, 5.74) is 0.429. The lowest BCUT2D eigenvalue weighted by Crippen LogP contribution is -2.39. The summed E-state index contributed by atoms with van der Waals surface area (Å²) in [7, 11) is 0. The van der Waals surface area contributed by atoms with Gasteiger partial charge in [0, 0.05) is 27.8 Å². The summed E-state index contributed by atoms with van der Waals surface area (Å²) < 4.78 is 5.14. The number of ether oxygens (including phenoxy) is 1. The largest absolute Gasteiger partial charge is 0.461 e. The summed E-state index contributed by atoms with van der Waals surface area (Å²) in [4.78, 5) is 25.9. The molecule has 1 heterocycles. The van der Waals surface area contributed by atoms with Crippen LogP contribution in [0.1, 0.15) is 40.5 Å². The van der Waals surface area contributed by atoms with Crippen LogP contribution in [0.2, 0.25) is 0 Å². The summed E-state index contributed by atoms with van der Waals surface area (Å²) in [6.45, 7) is 7.48. The van der Waals surface area contributed by atoms with E-state index < -0.39 is 11.4 Å². The molecule has 1 aliphatic heterocycles. The fraction of sp³-hybridized carbons (Fsp3) is 0.500. The van der Waals surface area contributed by atoms with Crippen LogP contribution in [0.15, 0.2) is 46.6 Å². The molecule has 0 aliphatic carbocycles. The molecule has 26 heavy (non-hydrogen) atoms. The number of carbonyl (C=O) groups is 2. The number of amides is 1. The van der Waals surface area contributed by atoms with Gasteiger partial charge < -0.3 is 15.4 Å². The van der Waals surface area contributed by atoms with Gasteiger partial charge in [0.05, 0.1) is 6.61 Å². The van der Waals surface area contributed by atoms with Crippen molar-refractivity contribution in [1.29, 1.82) is 0 Å². The van der Waals surface area contributed by atoms with Crippen molar-refractivity contribution in [3.8, 4) is 0 Å². The maximum Gasteiger partial charge on any atom is 0.356 e. The number of benzene rings is 1. The van der Waals surface area contributed by atoms with Crippen LogP contribution >= 0.6 is 11.8 Å². The Bertz CT molecular complexity index is 665. The van der Waals surface area contributed by atoms with Crippen molar-refractivity contribution in [1.82, 2.24) is 10.6 Å². The molecule has 0 saturated carbocycles. The Balaban J connectivity index is 2.06. The normalized spacial score (nSPS) is 18.8. The molecule has 0 aromatic heterocycles. The number of carbonyl (C=O) groups excluding carboxylic acids is 2. The van der Waals surface area contributed by atoms with Gasteiger partial charge in [0.1, 0.15) is 5.70 Å². The standard InChI is InChI=1S/C20H28N2O3S/c1-5-25-18(23)17(22-19(24)20(2,3)4)16-12-11-14(21-16)13-26-15-9-7-6-8-10-15/h6-10,14,21H,5,11-13H2,1-4H3,(H,22,24)/b17-16+/t14-/m0/s1. The number of esters is 1. The minimum Gasteiger partial charge on any atom is -0.461 e. The minimum atomic E-state index is -0.584. The molecule has 0 bridgehead atoms. The monoisotopic (exact) mass is 376 g/mol. The molecule has 1 aromatic carbocycles. The SMILES string of the molecule is CCOC(=O)/C(NC(=O)C(C)(C)C)=C1/CC[C@@H](CSc2ccccc2)N1. The highest BCUT2D eigenvalue weighted by Gasteiger charge is 2.29. The topological polar surface area (TPSA) is 67.4 Å². The van der Waals surface area contributed by atoms with Gasteiger partial charge in [-0.1, -0.05) is 39.0 Å². The fourth-order valence-electron chi connectivity index (χ4n) is 2.50. The maximum atomic E-state index is 12.3. The number of rotatable bonds is 6. The zero-order valence-corrected chi connectivity index (χ0v) is 16.7. The highest BCUT2D eigenvalue weighted by atomic mass is 32.2. The van der Waals surface area contributed by atoms with Gasteiger partial charge in [0.2, 0.25) is 5.91 Å². The van der Waals surface area contributed by atoms with Crippen LogP contribution in [-0.4, -0.2) is 30.3 Å². The van der Waals surface area contributed by atoms with Crippen molar-refractivity contribution in [3.05, 3.63) is 41.7 Å². The molecule has 5 nitrogen and oxygen atoms in total. The van der Waals surface area contributed by atoms with Crippen molar-refractivity contribution in [2.75, 3.05) is 12.4 Å². The van der Waals surface area contributed by atoms with Crippen LogP contribution in [0.5, 0.6) is 0 Å². The summed E-state index contributed by atoms with van der Waals surface area (Å²) in [6.07, 6.45) is 1.64. The van der Waals surface area contributed by atoms with E-state index in [0.29, 0.717) is 0 Å². The molecule has 1 amide bonds. The van der Waals surface area contributed by atoms with Gasteiger partial charge in [0.15, 0.2) is 0 Å². The highest BCUT2D eigenvalue weighted by Crippen LogP contribution is 2.26. The van der Waals surface area contributed by atoms with Crippen LogP contribution in [0, 0.1) is 5.41 Å². The van der Waals surface area contributed by atoms with Crippen LogP contribution in [0.25, 0.3) is 0 Å². The van der Waals surface area contributed by atoms with Crippen molar-refractivity contribution in [2.24, 2.45) is 5.41 Å². The van der Waals surface area contributed by atoms with E-state index in [2.05, 4.69) is 22.8 Å². The molecular weight excluding hydrogens is 348 g/mol. The zero-order valence-electron chi connectivity index (χ0n) is 15.9. The molecular formula is C20H28N2O3S. The predicted octanol–water partition coefficient (Wildman–Crippen LogP) is 3.47. The van der Waals surface area contributed by atoms with Crippen molar-refractivity contribution in [2.45, 2.75) is 51.5 Å². The third-order valence-electron chi connectivity index (χ3n) is 4.02. The minimum absolute atomic E-state index is 0.197. The zero-order chi connectivity index (χ0) is 19.2. The van der Waals surface area contributed by atoms with Crippen LogP contribution < -0.4 is 10.6 Å². The molecule has 1 saturated heterocycles. The molecule has 6 heteroatoms. The first kappa shape index (κ1) is 20.4. The summed E-state index contributed by atoms with van der Waals surface area (Å²) in [5, 5.41) is 6.18. The molecule has 0 radical (unpaired) electrons. The molecule has 1 atom stereocenters. The van der Waals surface area contributed by atoms with Crippen LogP contribution in [-0.2, 0) is 14.3 Å². The molecule has 142 valence electrons. The second-order valence-corrected chi connectivity index (χ2v) is 8.38. The lowest BCUT2D eigenvalue weighted by molar-refractivity contribution is -0.141. The van der Waals surface area contributed by atoms with Gasteiger partial charge in [0.25, 0.3) is 0 Å². The van der Waals surface area contributed by atoms with Crippen molar-refractivity contribution < 1.29 is 14.3 Å². The first-order chi connectivity index (χ1) is 12.3. The number of nitrogens with one attached hydrogen (secondary N) is 2. The Morgan fingerprint density at radius 2 is 1.96 bits per heavy atom. The van der Waals surface area contributed by atoms with Gasteiger partial charge in [-0.3, -0.25) is 4.79 Å². The Kier molecular flexibility index (Phi) is 7.14. The first-order valence-corrected chi connectivity index (χ1v) is 9.96. The molecule has 2 rings (SSSR count). The van der Waals surface area contributed by atoms with Gasteiger partial charge in [-0.25, -0.2) is 4.79 Å². The second kappa shape index (κ2) is 9.12. The van der Waals surface area contributed by atoms with Gasteiger partial charge in [-0.05, 0) is 31.9 Å². The molecule has 2 N–H and O–H groups in total. The smallest absolute Gasteiger partial charge is 0.356 e. The van der Waals surface area contributed by atoms with E-state index in [4.69, 9.17) is 4.74 Å². The first-order valence-electron chi connectivity index (χ1n) is 8.97. The van der Waals surface area contributed by atoms with E-state index in [1.54, 1.807) is 18.7 Å². The fourth-order valence-corrected chi connectivity index (χ4v) is 3.49. The Morgan fingerprint density at radius 3 is 2.58 bits per heavy atom. The van der Waals surface area contributed by atoms with Crippen molar-refractivity contribution in [3.63, 3.8) is 0 Å². The molecule has 0 unspecified atom stereocenters. The number of thioether (sulfide) groups is 1. The lowest BCUT2D eigenvalue weighted by atomic mass is 9.95. The number of hydrogen-bond donors (Lipinski definition) is 2. The quantitative estimate of drug-likeness (QED) is 0.452. The lowest BCUT2D eigenvalue weighted by Gasteiger charge is -2.20. The Morgan fingerprint density at radius 1 is 1.27 bits per heavy atom. The van der Waals surface area contributed by atoms with Gasteiger partial charge >= 0.3 is 5.97 Å². The van der Waals surface area contributed by atoms with Crippen LogP contribution in [0.4, 0.5) is 0 Å².